The number of phenolic OH excluding ortho intramolecular Hbond substituents is 2. The molecule has 1 aromatic heterocycles. The average Bonchev–Trinajstić information content (AvgIpc) is 2.57. The van der Waals surface area contributed by atoms with Crippen molar-refractivity contribution in [1.82, 2.24) is 4.98 Å². The van der Waals surface area contributed by atoms with Crippen LogP contribution in [0.3, 0.4) is 0 Å². The molecule has 0 amide bonds. The van der Waals surface area contributed by atoms with Gasteiger partial charge in [-0.15, -0.1) is 0 Å². The van der Waals surface area contributed by atoms with Gasteiger partial charge in [0.2, 0.25) is 0 Å². The number of fused-ring (bicyclic) bond motifs is 1. The van der Waals surface area contributed by atoms with Crippen molar-refractivity contribution in [2.24, 2.45) is 0 Å². The normalized spacial score (nSPS) is 10.6. The van der Waals surface area contributed by atoms with Crippen molar-refractivity contribution < 1.29 is 30.0 Å². The van der Waals surface area contributed by atoms with Gasteiger partial charge in [0.05, 0.1) is 11.1 Å². The number of aromatic carboxylic acids is 2. The zero-order chi connectivity index (χ0) is 12.7. The first-order chi connectivity index (χ1) is 7.91. The second-order valence-corrected chi connectivity index (χ2v) is 3.37. The van der Waals surface area contributed by atoms with Gasteiger partial charge in [-0.05, 0) is 6.07 Å². The molecular formula is C10H7NO6. The molecular weight excluding hydrogens is 230 g/mol. The standard InChI is InChI=1S/C10H7NO6/c12-5-1-3-4(2-6(5)13)11-8(10(16)17)7(3)9(14)15/h1-2,11-13H,(H,14,15)(H,16,17). The van der Waals surface area contributed by atoms with Crippen molar-refractivity contribution in [3.8, 4) is 11.5 Å². The smallest absolute Gasteiger partial charge is 0.353 e. The molecule has 1 heterocycles. The summed E-state index contributed by atoms with van der Waals surface area (Å²) < 4.78 is 0. The van der Waals surface area contributed by atoms with E-state index in [1.54, 1.807) is 0 Å². The number of nitrogens with one attached hydrogen (secondary N) is 1. The van der Waals surface area contributed by atoms with Crippen LogP contribution in [0.5, 0.6) is 11.5 Å². The lowest BCUT2D eigenvalue weighted by Gasteiger charge is -1.97. The topological polar surface area (TPSA) is 131 Å². The Balaban J connectivity index is 2.90. The largest absolute Gasteiger partial charge is 0.504 e. The van der Waals surface area contributed by atoms with Crippen LogP contribution in [0.4, 0.5) is 0 Å². The summed E-state index contributed by atoms with van der Waals surface area (Å²) in [6.45, 7) is 0. The van der Waals surface area contributed by atoms with E-state index in [2.05, 4.69) is 4.98 Å². The lowest BCUT2D eigenvalue weighted by atomic mass is 10.1. The van der Waals surface area contributed by atoms with Crippen molar-refractivity contribution >= 4 is 22.8 Å². The van der Waals surface area contributed by atoms with Gasteiger partial charge in [0, 0.05) is 11.5 Å². The molecule has 5 N–H and O–H groups in total. The maximum Gasteiger partial charge on any atom is 0.353 e. The van der Waals surface area contributed by atoms with Crippen LogP contribution in [0.25, 0.3) is 10.9 Å². The number of carboxylic acids is 2. The molecule has 0 bridgehead atoms. The van der Waals surface area contributed by atoms with Crippen LogP contribution in [-0.2, 0) is 0 Å². The van der Waals surface area contributed by atoms with Crippen LogP contribution in [0, 0.1) is 0 Å². The highest BCUT2D eigenvalue weighted by molar-refractivity contribution is 6.12. The highest BCUT2D eigenvalue weighted by Crippen LogP contribution is 2.33. The number of carboxylic acid groups (broad SMARTS) is 2. The van der Waals surface area contributed by atoms with E-state index < -0.39 is 34.7 Å². The number of aromatic amines is 1. The Morgan fingerprint density at radius 3 is 2.12 bits per heavy atom. The first kappa shape index (κ1) is 10.8. The van der Waals surface area contributed by atoms with Gasteiger partial charge in [0.15, 0.2) is 11.5 Å². The van der Waals surface area contributed by atoms with E-state index in [1.165, 1.54) is 0 Å². The molecule has 7 nitrogen and oxygen atoms in total. The maximum absolute atomic E-state index is 11.0. The van der Waals surface area contributed by atoms with E-state index in [0.29, 0.717) is 0 Å². The Morgan fingerprint density at radius 2 is 1.59 bits per heavy atom. The molecule has 88 valence electrons. The van der Waals surface area contributed by atoms with Gasteiger partial charge in [0.1, 0.15) is 5.69 Å². The number of hydrogen-bond donors (Lipinski definition) is 5. The number of H-pyrrole nitrogens is 1. The van der Waals surface area contributed by atoms with E-state index in [1.807, 2.05) is 0 Å². The minimum atomic E-state index is -1.43. The third-order valence-electron chi connectivity index (χ3n) is 2.32. The van der Waals surface area contributed by atoms with E-state index in [-0.39, 0.29) is 10.9 Å². The van der Waals surface area contributed by atoms with Crippen LogP contribution in [0.2, 0.25) is 0 Å². The number of aromatic hydroxyl groups is 2. The molecule has 2 aromatic rings. The second-order valence-electron chi connectivity index (χ2n) is 3.37. The zero-order valence-electron chi connectivity index (χ0n) is 8.26. The molecule has 0 aliphatic carbocycles. The van der Waals surface area contributed by atoms with E-state index in [4.69, 9.17) is 10.2 Å². The molecule has 0 fully saturated rings. The molecule has 0 aliphatic heterocycles. The molecule has 0 atom stereocenters. The fraction of sp³-hybridized carbons (Fsp3) is 0. The van der Waals surface area contributed by atoms with Crippen LogP contribution in [0.1, 0.15) is 20.8 Å². The van der Waals surface area contributed by atoms with Gasteiger partial charge in [-0.2, -0.15) is 0 Å². The summed E-state index contributed by atoms with van der Waals surface area (Å²) in [6.07, 6.45) is 0. The summed E-state index contributed by atoms with van der Waals surface area (Å²) in [5.41, 5.74) is -0.838. The van der Waals surface area contributed by atoms with Crippen molar-refractivity contribution in [1.29, 1.82) is 0 Å². The van der Waals surface area contributed by atoms with Gasteiger partial charge in [-0.3, -0.25) is 0 Å². The molecule has 7 heteroatoms. The van der Waals surface area contributed by atoms with E-state index in [0.717, 1.165) is 12.1 Å². The molecule has 0 radical (unpaired) electrons. The minimum Gasteiger partial charge on any atom is -0.504 e. The fourth-order valence-corrected chi connectivity index (χ4v) is 1.60. The predicted octanol–water partition coefficient (Wildman–Crippen LogP) is 0.975. The van der Waals surface area contributed by atoms with Gasteiger partial charge in [-0.25, -0.2) is 9.59 Å². The first-order valence-corrected chi connectivity index (χ1v) is 4.46. The Bertz CT molecular complexity index is 642. The maximum atomic E-state index is 11.0. The molecule has 0 saturated heterocycles. The summed E-state index contributed by atoms with van der Waals surface area (Å²) in [6, 6.07) is 2.06. The Labute approximate surface area is 93.6 Å². The third kappa shape index (κ3) is 1.53. The molecule has 0 aliphatic rings. The van der Waals surface area contributed by atoms with Crippen LogP contribution in [-0.4, -0.2) is 37.3 Å². The summed E-state index contributed by atoms with van der Waals surface area (Å²) in [7, 11) is 0. The van der Waals surface area contributed by atoms with E-state index >= 15 is 0 Å². The van der Waals surface area contributed by atoms with Gasteiger partial charge < -0.3 is 25.4 Å². The van der Waals surface area contributed by atoms with Crippen molar-refractivity contribution in [3.63, 3.8) is 0 Å². The fourth-order valence-electron chi connectivity index (χ4n) is 1.60. The lowest BCUT2D eigenvalue weighted by Crippen LogP contribution is -2.06. The summed E-state index contributed by atoms with van der Waals surface area (Å²) >= 11 is 0. The summed E-state index contributed by atoms with van der Waals surface area (Å²) in [5.74, 6) is -3.85. The highest BCUT2D eigenvalue weighted by atomic mass is 16.4. The molecule has 0 saturated carbocycles. The molecule has 1 aromatic carbocycles. The first-order valence-electron chi connectivity index (χ1n) is 4.46. The Kier molecular flexibility index (Phi) is 2.17. The number of hydrogen-bond acceptors (Lipinski definition) is 4. The van der Waals surface area contributed by atoms with Gasteiger partial charge >= 0.3 is 11.9 Å². The van der Waals surface area contributed by atoms with Crippen molar-refractivity contribution in [2.45, 2.75) is 0 Å². The number of aromatic nitrogens is 1. The number of rotatable bonds is 2. The van der Waals surface area contributed by atoms with E-state index in [9.17, 15) is 19.8 Å². The lowest BCUT2D eigenvalue weighted by molar-refractivity contribution is 0.0650. The molecule has 2 rings (SSSR count). The Hall–Kier alpha value is -2.70. The van der Waals surface area contributed by atoms with Crippen LogP contribution in [0.15, 0.2) is 12.1 Å². The number of carbonyl (C=O) groups is 2. The zero-order valence-corrected chi connectivity index (χ0v) is 8.26. The SMILES string of the molecule is O=C(O)c1[nH]c2cc(O)c(O)cc2c1C(=O)O. The van der Waals surface area contributed by atoms with Crippen LogP contribution < -0.4 is 0 Å². The minimum absolute atomic E-state index is 0.0187. The molecule has 0 spiro atoms. The number of phenols is 2. The van der Waals surface area contributed by atoms with Gasteiger partial charge in [0.25, 0.3) is 0 Å². The third-order valence-corrected chi connectivity index (χ3v) is 2.32. The van der Waals surface area contributed by atoms with Crippen molar-refractivity contribution in [2.75, 3.05) is 0 Å². The van der Waals surface area contributed by atoms with Crippen molar-refractivity contribution in [3.05, 3.63) is 23.4 Å². The highest BCUT2D eigenvalue weighted by Gasteiger charge is 2.23. The van der Waals surface area contributed by atoms with Gasteiger partial charge in [-0.1, -0.05) is 0 Å². The summed E-state index contributed by atoms with van der Waals surface area (Å²) in [4.78, 5) is 24.2. The summed E-state index contributed by atoms with van der Waals surface area (Å²) in [5, 5.41) is 36.3. The quantitative estimate of drug-likeness (QED) is 0.494. The molecule has 0 unspecified atom stereocenters. The second kappa shape index (κ2) is 3.41. The van der Waals surface area contributed by atoms with Crippen LogP contribution >= 0.6 is 0 Å². The average molecular weight is 237 g/mol. The predicted molar refractivity (Wildman–Crippen MR) is 55.5 cm³/mol. The number of benzene rings is 1. The Morgan fingerprint density at radius 1 is 1.00 bits per heavy atom. The molecule has 17 heavy (non-hydrogen) atoms. The monoisotopic (exact) mass is 237 g/mol.